The van der Waals surface area contributed by atoms with Crippen LogP contribution in [0, 0.1) is 0 Å². The Labute approximate surface area is 207 Å². The van der Waals surface area contributed by atoms with Crippen LogP contribution in [0.3, 0.4) is 0 Å². The fourth-order valence-corrected chi connectivity index (χ4v) is 6.24. The molecule has 2 aliphatic rings. The average Bonchev–Trinajstić information content (AvgIpc) is 3.42. The Morgan fingerprint density at radius 2 is 2.09 bits per heavy atom. The fourth-order valence-electron chi connectivity index (χ4n) is 6.24. The minimum atomic E-state index is -0.950. The second-order valence-corrected chi connectivity index (χ2v) is 11.2. The number of hydrogen-bond acceptors (Lipinski definition) is 4. The minimum Gasteiger partial charge on any atom is -0.465 e. The number of aryl methyl sites for hydroxylation is 1. The molecule has 2 N–H and O–H groups in total. The van der Waals surface area contributed by atoms with Crippen LogP contribution in [0.1, 0.15) is 63.0 Å². The third kappa shape index (κ3) is 4.29. The summed E-state index contributed by atoms with van der Waals surface area (Å²) in [4.78, 5) is 23.4. The predicted octanol–water partition coefficient (Wildman–Crippen LogP) is 4.38. The van der Waals surface area contributed by atoms with Crippen molar-refractivity contribution in [3.63, 3.8) is 0 Å². The summed E-state index contributed by atoms with van der Waals surface area (Å²) in [7, 11) is 2.17. The van der Waals surface area contributed by atoms with Gasteiger partial charge >= 0.3 is 6.09 Å². The zero-order valence-corrected chi connectivity index (χ0v) is 21.2. The van der Waals surface area contributed by atoms with Crippen molar-refractivity contribution in [2.24, 2.45) is 0 Å². The zero-order valence-electron chi connectivity index (χ0n) is 21.2. The summed E-state index contributed by atoms with van der Waals surface area (Å²) < 4.78 is 2.94. The van der Waals surface area contributed by atoms with Crippen LogP contribution < -0.4 is 9.80 Å². The number of pyridine rings is 2. The first-order valence-electron chi connectivity index (χ1n) is 12.7. The molecule has 5 rings (SSSR count). The van der Waals surface area contributed by atoms with Gasteiger partial charge in [-0.2, -0.15) is 0 Å². The number of likely N-dealkylation sites (tertiary alicyclic amines) is 1. The van der Waals surface area contributed by atoms with E-state index in [4.69, 9.17) is 9.97 Å². The lowest BCUT2D eigenvalue weighted by Gasteiger charge is -2.45. The molecule has 1 aliphatic carbocycles. The van der Waals surface area contributed by atoms with E-state index in [9.17, 15) is 9.90 Å². The van der Waals surface area contributed by atoms with Gasteiger partial charge in [0, 0.05) is 31.4 Å². The summed E-state index contributed by atoms with van der Waals surface area (Å²) in [6, 6.07) is 10.8. The van der Waals surface area contributed by atoms with E-state index in [1.165, 1.54) is 17.7 Å². The molecule has 1 unspecified atom stereocenters. The molecule has 8 nitrogen and oxygen atoms in total. The number of quaternary nitrogens is 1. The average molecular weight is 478 g/mol. The zero-order chi connectivity index (χ0) is 24.8. The summed E-state index contributed by atoms with van der Waals surface area (Å²) in [6.45, 7) is 9.09. The number of nitrogens with one attached hydrogen (secondary N) is 1. The van der Waals surface area contributed by atoms with Gasteiger partial charge in [0.25, 0.3) is 0 Å². The second-order valence-electron chi connectivity index (χ2n) is 11.2. The van der Waals surface area contributed by atoms with E-state index < -0.39 is 6.09 Å². The highest BCUT2D eigenvalue weighted by Gasteiger charge is 2.50. The van der Waals surface area contributed by atoms with Gasteiger partial charge in [-0.25, -0.2) is 9.78 Å². The van der Waals surface area contributed by atoms with Gasteiger partial charge in [-0.1, -0.05) is 12.1 Å². The van der Waals surface area contributed by atoms with E-state index in [0.717, 1.165) is 56.1 Å². The van der Waals surface area contributed by atoms with Gasteiger partial charge in [0.1, 0.15) is 12.2 Å². The van der Waals surface area contributed by atoms with Crippen LogP contribution in [0.5, 0.6) is 0 Å². The van der Waals surface area contributed by atoms with Crippen LogP contribution in [0.4, 0.5) is 10.6 Å². The number of nitrogens with zero attached hydrogens (tertiary/aromatic N) is 5. The van der Waals surface area contributed by atoms with E-state index in [1.54, 1.807) is 0 Å². The van der Waals surface area contributed by atoms with Crippen molar-refractivity contribution in [2.45, 2.75) is 70.6 Å². The highest BCUT2D eigenvalue weighted by Crippen LogP contribution is 2.39. The normalized spacial score (nSPS) is 24.6. The molecule has 186 valence electrons. The summed E-state index contributed by atoms with van der Waals surface area (Å²) in [6.07, 6.45) is 7.34. The van der Waals surface area contributed by atoms with Gasteiger partial charge in [-0.15, -0.1) is 0 Å². The lowest BCUT2D eigenvalue weighted by atomic mass is 9.91. The molecule has 1 fully saturated rings. The molecule has 3 aromatic heterocycles. The van der Waals surface area contributed by atoms with E-state index >= 15 is 0 Å². The molecular formula is C27H37N6O2+. The van der Waals surface area contributed by atoms with Gasteiger partial charge in [0.2, 0.25) is 5.82 Å². The maximum absolute atomic E-state index is 11.3. The number of amides is 1. The van der Waals surface area contributed by atoms with Gasteiger partial charge in [0.15, 0.2) is 0 Å². The summed E-state index contributed by atoms with van der Waals surface area (Å²) >= 11 is 0. The Kier molecular flexibility index (Phi) is 6.05. The Balaban J connectivity index is 1.46. The molecule has 0 saturated carbocycles. The van der Waals surface area contributed by atoms with Gasteiger partial charge in [-0.3, -0.25) is 18.8 Å². The maximum atomic E-state index is 11.3. The van der Waals surface area contributed by atoms with Crippen LogP contribution in [-0.4, -0.2) is 62.2 Å². The fraction of sp³-hybridized carbons (Fsp3) is 0.519. The number of aromatic nitrogens is 3. The lowest BCUT2D eigenvalue weighted by Crippen LogP contribution is -2.62. The molecule has 0 spiro atoms. The van der Waals surface area contributed by atoms with Crippen molar-refractivity contribution in [3.05, 3.63) is 59.7 Å². The standard InChI is InChI=1S/C27H36N6O2/c1-27(2,3)33(15-13-20(18-33)30-26(34)35)24-12-6-11-23-29-21(17-32(23)24)16-31(4)22-10-5-8-19-9-7-14-28-25(19)22/h6-7,9,11-12,14,17,20,22,30H,5,8,10,13,15-16,18H2,1-4H3/p+1/t20-,22+,33?/m1/s1. The van der Waals surface area contributed by atoms with Crippen molar-refractivity contribution in [1.29, 1.82) is 0 Å². The van der Waals surface area contributed by atoms with Crippen LogP contribution in [0.15, 0.2) is 42.7 Å². The number of fused-ring (bicyclic) bond motifs is 2. The molecule has 8 heteroatoms. The van der Waals surface area contributed by atoms with Crippen LogP contribution in [0.25, 0.3) is 5.65 Å². The first-order chi connectivity index (χ1) is 16.7. The third-order valence-electron chi connectivity index (χ3n) is 8.07. The number of hydrogen-bond donors (Lipinski definition) is 2. The van der Waals surface area contributed by atoms with Crippen LogP contribution >= 0.6 is 0 Å². The second kappa shape index (κ2) is 8.91. The van der Waals surface area contributed by atoms with E-state index in [-0.39, 0.29) is 11.6 Å². The number of carboxylic acid groups (broad SMARTS) is 1. The SMILES string of the molecule is CN(Cc1cn2c([N+]3(C(C)(C)C)CC[C@@H](NC(=O)O)C3)cccc2n1)[C@H]1CCCc2cccnc21. The highest BCUT2D eigenvalue weighted by molar-refractivity contribution is 5.65. The van der Waals surface area contributed by atoms with Crippen molar-refractivity contribution < 1.29 is 9.90 Å². The largest absolute Gasteiger partial charge is 0.465 e. The Bertz CT molecular complexity index is 1230. The molecule has 4 heterocycles. The molecular weight excluding hydrogens is 440 g/mol. The minimum absolute atomic E-state index is 0.0602. The first kappa shape index (κ1) is 23.8. The Morgan fingerprint density at radius 1 is 1.26 bits per heavy atom. The smallest absolute Gasteiger partial charge is 0.405 e. The van der Waals surface area contributed by atoms with Crippen LogP contribution in [-0.2, 0) is 13.0 Å². The molecule has 0 bridgehead atoms. The molecule has 1 saturated heterocycles. The molecule has 3 aromatic rings. The molecule has 1 aliphatic heterocycles. The Hall–Kier alpha value is -2.97. The molecule has 0 radical (unpaired) electrons. The number of imidazole rings is 1. The van der Waals surface area contributed by atoms with E-state index in [0.29, 0.717) is 10.5 Å². The van der Waals surface area contributed by atoms with E-state index in [1.807, 2.05) is 12.3 Å². The van der Waals surface area contributed by atoms with Gasteiger partial charge in [0.05, 0.1) is 35.6 Å². The number of carbonyl (C=O) groups is 1. The highest BCUT2D eigenvalue weighted by atomic mass is 16.4. The third-order valence-corrected chi connectivity index (χ3v) is 8.07. The summed E-state index contributed by atoms with van der Waals surface area (Å²) in [5.41, 5.74) is 4.45. The topological polar surface area (TPSA) is 82.8 Å². The monoisotopic (exact) mass is 477 g/mol. The van der Waals surface area contributed by atoms with Crippen LogP contribution in [0.2, 0.25) is 0 Å². The van der Waals surface area contributed by atoms with Crippen molar-refractivity contribution in [3.8, 4) is 0 Å². The van der Waals surface area contributed by atoms with Crippen molar-refractivity contribution in [2.75, 3.05) is 20.1 Å². The molecule has 35 heavy (non-hydrogen) atoms. The quantitative estimate of drug-likeness (QED) is 0.533. The van der Waals surface area contributed by atoms with E-state index in [2.05, 4.69) is 72.9 Å². The molecule has 3 atom stereocenters. The predicted molar refractivity (Wildman–Crippen MR) is 137 cm³/mol. The number of rotatable bonds is 5. The molecule has 0 aromatic carbocycles. The Morgan fingerprint density at radius 3 is 2.86 bits per heavy atom. The van der Waals surface area contributed by atoms with Crippen molar-refractivity contribution >= 4 is 17.6 Å². The molecule has 1 amide bonds. The van der Waals surface area contributed by atoms with Gasteiger partial charge in [-0.05, 0) is 64.8 Å². The van der Waals surface area contributed by atoms with Gasteiger partial charge < -0.3 is 10.4 Å². The maximum Gasteiger partial charge on any atom is 0.405 e. The first-order valence-corrected chi connectivity index (χ1v) is 12.7. The lowest BCUT2D eigenvalue weighted by molar-refractivity contribution is 0.162. The summed E-state index contributed by atoms with van der Waals surface area (Å²) in [5.74, 6) is 1.16. The summed E-state index contributed by atoms with van der Waals surface area (Å²) in [5, 5.41) is 12.0. The van der Waals surface area contributed by atoms with Crippen molar-refractivity contribution in [1.82, 2.24) is 29.1 Å².